The van der Waals surface area contributed by atoms with Crippen LogP contribution >= 0.6 is 0 Å². The van der Waals surface area contributed by atoms with Gasteiger partial charge in [-0.2, -0.15) is 0 Å². The molecule has 1 amide bonds. The van der Waals surface area contributed by atoms with E-state index < -0.39 is 0 Å². The van der Waals surface area contributed by atoms with Crippen LogP contribution in [0.25, 0.3) is 0 Å². The molecular formula is C10H20N2O. The maximum absolute atomic E-state index is 11.0. The fourth-order valence-corrected chi connectivity index (χ4v) is 0.866. The highest BCUT2D eigenvalue weighted by Gasteiger charge is 1.96. The second-order valence-electron chi connectivity index (χ2n) is 3.19. The first kappa shape index (κ1) is 12.2. The molecule has 13 heavy (non-hydrogen) atoms. The number of amides is 1. The van der Waals surface area contributed by atoms with Gasteiger partial charge in [-0.25, -0.2) is 0 Å². The Bertz CT molecular complexity index is 172. The number of carbonyl (C=O) groups excluding carboxylic acids is 1. The molecule has 0 radical (unpaired) electrons. The highest BCUT2D eigenvalue weighted by molar-refractivity contribution is 5.75. The lowest BCUT2D eigenvalue weighted by atomic mass is 10.3. The molecule has 76 valence electrons. The quantitative estimate of drug-likeness (QED) is 0.479. The summed E-state index contributed by atoms with van der Waals surface area (Å²) in [5.41, 5.74) is 1.30. The Morgan fingerprint density at radius 2 is 2.08 bits per heavy atom. The zero-order valence-corrected chi connectivity index (χ0v) is 8.81. The SMILES string of the molecule is CCNC(=O)CCNCC=C(C)C. The van der Waals surface area contributed by atoms with Crippen LogP contribution in [0.4, 0.5) is 0 Å². The van der Waals surface area contributed by atoms with Crippen LogP contribution in [0.2, 0.25) is 0 Å². The minimum Gasteiger partial charge on any atom is -0.356 e. The summed E-state index contributed by atoms with van der Waals surface area (Å²) in [5, 5.41) is 5.92. The summed E-state index contributed by atoms with van der Waals surface area (Å²) < 4.78 is 0. The Hall–Kier alpha value is -0.830. The van der Waals surface area contributed by atoms with E-state index in [1.807, 2.05) is 6.92 Å². The van der Waals surface area contributed by atoms with Gasteiger partial charge < -0.3 is 10.6 Å². The van der Waals surface area contributed by atoms with Gasteiger partial charge in [0.15, 0.2) is 0 Å². The van der Waals surface area contributed by atoms with E-state index in [2.05, 4.69) is 30.6 Å². The molecule has 0 saturated carbocycles. The summed E-state index contributed by atoms with van der Waals surface area (Å²) >= 11 is 0. The lowest BCUT2D eigenvalue weighted by Crippen LogP contribution is -2.27. The highest BCUT2D eigenvalue weighted by Crippen LogP contribution is 1.85. The molecular weight excluding hydrogens is 164 g/mol. The molecule has 0 aromatic rings. The van der Waals surface area contributed by atoms with E-state index in [0.29, 0.717) is 13.0 Å². The third kappa shape index (κ3) is 9.08. The van der Waals surface area contributed by atoms with Crippen LogP contribution < -0.4 is 10.6 Å². The second-order valence-corrected chi connectivity index (χ2v) is 3.19. The van der Waals surface area contributed by atoms with Crippen LogP contribution in [0, 0.1) is 0 Å². The maximum atomic E-state index is 11.0. The lowest BCUT2D eigenvalue weighted by molar-refractivity contribution is -0.120. The van der Waals surface area contributed by atoms with Crippen molar-refractivity contribution >= 4 is 5.91 Å². The van der Waals surface area contributed by atoms with Crippen molar-refractivity contribution in [1.29, 1.82) is 0 Å². The average Bonchev–Trinajstić information content (AvgIpc) is 2.03. The number of allylic oxidation sites excluding steroid dienone is 1. The molecule has 2 N–H and O–H groups in total. The third-order valence-corrected chi connectivity index (χ3v) is 1.56. The first-order chi connectivity index (χ1) is 6.16. The van der Waals surface area contributed by atoms with Crippen molar-refractivity contribution in [2.24, 2.45) is 0 Å². The van der Waals surface area contributed by atoms with Crippen LogP contribution in [0.5, 0.6) is 0 Å². The second kappa shape index (κ2) is 7.80. The van der Waals surface area contributed by atoms with E-state index in [9.17, 15) is 4.79 Å². The van der Waals surface area contributed by atoms with E-state index in [1.54, 1.807) is 0 Å². The number of hydrogen-bond acceptors (Lipinski definition) is 2. The zero-order chi connectivity index (χ0) is 10.1. The smallest absolute Gasteiger partial charge is 0.221 e. The summed E-state index contributed by atoms with van der Waals surface area (Å²) in [4.78, 5) is 11.0. The monoisotopic (exact) mass is 184 g/mol. The summed E-state index contributed by atoms with van der Waals surface area (Å²) in [6.07, 6.45) is 2.67. The number of nitrogens with one attached hydrogen (secondary N) is 2. The Balaban J connectivity index is 3.26. The van der Waals surface area contributed by atoms with Gasteiger partial charge in [0.05, 0.1) is 0 Å². The van der Waals surface area contributed by atoms with Crippen LogP contribution in [-0.2, 0) is 4.79 Å². The van der Waals surface area contributed by atoms with Gasteiger partial charge in [-0.1, -0.05) is 11.6 Å². The summed E-state index contributed by atoms with van der Waals surface area (Å²) in [7, 11) is 0. The predicted octanol–water partition coefficient (Wildman–Crippen LogP) is 1.07. The number of rotatable bonds is 6. The van der Waals surface area contributed by atoms with E-state index in [-0.39, 0.29) is 5.91 Å². The van der Waals surface area contributed by atoms with Crippen molar-refractivity contribution in [3.05, 3.63) is 11.6 Å². The van der Waals surface area contributed by atoms with E-state index >= 15 is 0 Å². The average molecular weight is 184 g/mol. The van der Waals surface area contributed by atoms with Crippen LogP contribution in [0.1, 0.15) is 27.2 Å². The van der Waals surface area contributed by atoms with Gasteiger partial charge in [0.25, 0.3) is 0 Å². The minimum absolute atomic E-state index is 0.118. The Labute approximate surface area is 80.6 Å². The molecule has 0 unspecified atom stereocenters. The molecule has 0 heterocycles. The molecule has 0 aliphatic rings. The van der Waals surface area contributed by atoms with Crippen LogP contribution in [0.15, 0.2) is 11.6 Å². The van der Waals surface area contributed by atoms with Crippen molar-refractivity contribution in [3.8, 4) is 0 Å². The topological polar surface area (TPSA) is 41.1 Å². The van der Waals surface area contributed by atoms with Crippen molar-refractivity contribution in [3.63, 3.8) is 0 Å². The molecule has 3 nitrogen and oxygen atoms in total. The van der Waals surface area contributed by atoms with Crippen LogP contribution in [0.3, 0.4) is 0 Å². The third-order valence-electron chi connectivity index (χ3n) is 1.56. The Morgan fingerprint density at radius 3 is 2.62 bits per heavy atom. The van der Waals surface area contributed by atoms with Gasteiger partial charge >= 0.3 is 0 Å². The summed E-state index contributed by atoms with van der Waals surface area (Å²) in [5.74, 6) is 0.118. The molecule has 0 aromatic heterocycles. The highest BCUT2D eigenvalue weighted by atomic mass is 16.1. The standard InChI is InChI=1S/C10H20N2O/c1-4-12-10(13)6-8-11-7-5-9(2)3/h5,11H,4,6-8H2,1-3H3,(H,12,13). The molecule has 0 atom stereocenters. The van der Waals surface area contributed by atoms with Gasteiger partial charge in [-0.15, -0.1) is 0 Å². The van der Waals surface area contributed by atoms with Gasteiger partial charge in [-0.3, -0.25) is 4.79 Å². The fourth-order valence-electron chi connectivity index (χ4n) is 0.866. The predicted molar refractivity (Wildman–Crippen MR) is 55.6 cm³/mol. The van der Waals surface area contributed by atoms with Crippen molar-refractivity contribution in [1.82, 2.24) is 10.6 Å². The first-order valence-corrected chi connectivity index (χ1v) is 4.77. The zero-order valence-electron chi connectivity index (χ0n) is 8.81. The normalized spacial score (nSPS) is 9.46. The van der Waals surface area contributed by atoms with Gasteiger partial charge in [0.2, 0.25) is 5.91 Å². The van der Waals surface area contributed by atoms with Crippen molar-refractivity contribution in [2.45, 2.75) is 27.2 Å². The number of carbonyl (C=O) groups is 1. The molecule has 0 aromatic carbocycles. The van der Waals surface area contributed by atoms with Crippen molar-refractivity contribution < 1.29 is 4.79 Å². The molecule has 0 spiro atoms. The van der Waals surface area contributed by atoms with E-state index in [0.717, 1.165) is 13.1 Å². The molecule has 3 heteroatoms. The lowest BCUT2D eigenvalue weighted by Gasteiger charge is -2.02. The molecule has 0 aliphatic carbocycles. The van der Waals surface area contributed by atoms with E-state index in [4.69, 9.17) is 0 Å². The summed E-state index contributed by atoms with van der Waals surface area (Å²) in [6.45, 7) is 8.36. The minimum atomic E-state index is 0.118. The van der Waals surface area contributed by atoms with Crippen molar-refractivity contribution in [2.75, 3.05) is 19.6 Å². The van der Waals surface area contributed by atoms with Gasteiger partial charge in [0.1, 0.15) is 0 Å². The molecule has 0 rings (SSSR count). The van der Waals surface area contributed by atoms with Gasteiger partial charge in [-0.05, 0) is 20.8 Å². The Morgan fingerprint density at radius 1 is 1.38 bits per heavy atom. The fraction of sp³-hybridized carbons (Fsp3) is 0.700. The largest absolute Gasteiger partial charge is 0.356 e. The Kier molecular flexibility index (Phi) is 7.30. The summed E-state index contributed by atoms with van der Waals surface area (Å²) in [6, 6.07) is 0. The molecule has 0 fully saturated rings. The number of hydrogen-bond donors (Lipinski definition) is 2. The van der Waals surface area contributed by atoms with Gasteiger partial charge in [0, 0.05) is 26.1 Å². The van der Waals surface area contributed by atoms with E-state index in [1.165, 1.54) is 5.57 Å². The van der Waals surface area contributed by atoms with Crippen LogP contribution in [-0.4, -0.2) is 25.5 Å². The molecule has 0 aliphatic heterocycles. The molecule has 0 bridgehead atoms. The maximum Gasteiger partial charge on any atom is 0.221 e. The molecule has 0 saturated heterocycles. The first-order valence-electron chi connectivity index (χ1n) is 4.77.